The second-order valence-corrected chi connectivity index (χ2v) is 5.24. The molecule has 0 aliphatic heterocycles. The monoisotopic (exact) mass is 349 g/mol. The number of halogens is 4. The molecule has 10 heteroatoms. The standard InChI is InChI=1S/C12H7F4N3OS2/c13-6-3-7(14)10(16)11(9(6)15)22-8-2-1-5(20-8)4-18-19-12(17)21/h1-4H,(H3,17,19,21)/b18-4+. The number of nitrogens with zero attached hydrogens (tertiary/aromatic N) is 1. The van der Waals surface area contributed by atoms with E-state index in [1.165, 1.54) is 18.3 Å². The van der Waals surface area contributed by atoms with E-state index < -0.39 is 28.2 Å². The number of furan rings is 1. The van der Waals surface area contributed by atoms with Gasteiger partial charge in [-0.3, -0.25) is 5.43 Å². The van der Waals surface area contributed by atoms with Crippen LogP contribution >= 0.6 is 24.0 Å². The molecule has 0 amide bonds. The van der Waals surface area contributed by atoms with Crippen molar-refractivity contribution >= 4 is 35.3 Å². The Kier molecular flexibility index (Phi) is 5.03. The summed E-state index contributed by atoms with van der Waals surface area (Å²) >= 11 is 4.92. The highest BCUT2D eigenvalue weighted by Crippen LogP contribution is 2.34. The first-order chi connectivity index (χ1) is 10.4. The number of benzene rings is 1. The molecule has 0 bridgehead atoms. The maximum Gasteiger partial charge on any atom is 0.184 e. The molecule has 2 rings (SSSR count). The van der Waals surface area contributed by atoms with Gasteiger partial charge in [0.2, 0.25) is 0 Å². The van der Waals surface area contributed by atoms with E-state index in [1.807, 2.05) is 0 Å². The Morgan fingerprint density at radius 1 is 1.23 bits per heavy atom. The highest BCUT2D eigenvalue weighted by atomic mass is 32.2. The lowest BCUT2D eigenvalue weighted by atomic mass is 10.3. The molecule has 0 spiro atoms. The molecule has 3 N–H and O–H groups in total. The SMILES string of the molecule is NC(=S)N/N=C/c1ccc(Sc2c(F)c(F)cc(F)c2F)o1. The van der Waals surface area contributed by atoms with Gasteiger partial charge in [-0.1, -0.05) is 0 Å². The average molecular weight is 349 g/mol. The van der Waals surface area contributed by atoms with Crippen molar-refractivity contribution in [3.8, 4) is 0 Å². The molecule has 0 atom stereocenters. The molecule has 0 aliphatic carbocycles. The molecule has 1 aromatic carbocycles. The smallest absolute Gasteiger partial charge is 0.184 e. The van der Waals surface area contributed by atoms with Gasteiger partial charge < -0.3 is 10.2 Å². The molecule has 0 fully saturated rings. The van der Waals surface area contributed by atoms with Crippen LogP contribution in [-0.2, 0) is 0 Å². The molecule has 0 radical (unpaired) electrons. The van der Waals surface area contributed by atoms with Crippen molar-refractivity contribution in [2.75, 3.05) is 0 Å². The highest BCUT2D eigenvalue weighted by molar-refractivity contribution is 7.99. The van der Waals surface area contributed by atoms with Gasteiger partial charge in [-0.05, 0) is 36.1 Å². The van der Waals surface area contributed by atoms with Crippen LogP contribution in [0.1, 0.15) is 5.76 Å². The summed E-state index contributed by atoms with van der Waals surface area (Å²) in [5.74, 6) is -5.76. The van der Waals surface area contributed by atoms with E-state index in [4.69, 9.17) is 10.2 Å². The van der Waals surface area contributed by atoms with E-state index in [-0.39, 0.29) is 22.0 Å². The van der Waals surface area contributed by atoms with Crippen LogP contribution in [0.4, 0.5) is 17.6 Å². The van der Waals surface area contributed by atoms with Gasteiger partial charge >= 0.3 is 0 Å². The van der Waals surface area contributed by atoms with Gasteiger partial charge in [-0.15, -0.1) is 0 Å². The molecular formula is C12H7F4N3OS2. The lowest BCUT2D eigenvalue weighted by molar-refractivity contribution is 0.423. The van der Waals surface area contributed by atoms with Crippen LogP contribution in [0.15, 0.2) is 37.7 Å². The third kappa shape index (κ3) is 3.77. The minimum Gasteiger partial charge on any atom is -0.448 e. The van der Waals surface area contributed by atoms with Crippen molar-refractivity contribution in [1.82, 2.24) is 5.43 Å². The molecule has 1 aromatic heterocycles. The largest absolute Gasteiger partial charge is 0.448 e. The molecule has 0 aliphatic rings. The van der Waals surface area contributed by atoms with Crippen molar-refractivity contribution in [2.45, 2.75) is 9.99 Å². The maximum absolute atomic E-state index is 13.5. The number of nitrogens with one attached hydrogen (secondary N) is 1. The molecule has 2 aromatic rings. The molecule has 1 heterocycles. The Labute approximate surface area is 131 Å². The zero-order valence-corrected chi connectivity index (χ0v) is 12.2. The lowest BCUT2D eigenvalue weighted by Crippen LogP contribution is -2.23. The molecule has 0 saturated heterocycles. The van der Waals surface area contributed by atoms with Crippen LogP contribution in [0, 0.1) is 23.3 Å². The van der Waals surface area contributed by atoms with Crippen molar-refractivity contribution in [3.63, 3.8) is 0 Å². The second kappa shape index (κ2) is 6.79. The Bertz CT molecular complexity index is 722. The summed E-state index contributed by atoms with van der Waals surface area (Å²) in [6.07, 6.45) is 1.21. The Balaban J connectivity index is 2.21. The predicted octanol–water partition coefficient (Wildman–Crippen LogP) is 3.15. The number of rotatable bonds is 4. The average Bonchev–Trinajstić information content (AvgIpc) is 2.89. The minimum absolute atomic E-state index is 0.0135. The van der Waals surface area contributed by atoms with E-state index in [0.717, 1.165) is 0 Å². The Hall–Kier alpha value is -2.07. The van der Waals surface area contributed by atoms with Crippen molar-refractivity contribution in [1.29, 1.82) is 0 Å². The summed E-state index contributed by atoms with van der Waals surface area (Å²) in [5.41, 5.74) is 7.42. The molecule has 22 heavy (non-hydrogen) atoms. The fourth-order valence-corrected chi connectivity index (χ4v) is 2.26. The molecule has 4 nitrogen and oxygen atoms in total. The van der Waals surface area contributed by atoms with Crippen molar-refractivity contribution < 1.29 is 22.0 Å². The van der Waals surface area contributed by atoms with E-state index in [2.05, 4.69) is 22.7 Å². The Morgan fingerprint density at radius 3 is 2.45 bits per heavy atom. The van der Waals surface area contributed by atoms with E-state index >= 15 is 0 Å². The molecule has 116 valence electrons. The van der Waals surface area contributed by atoms with Crippen LogP contribution in [0.2, 0.25) is 0 Å². The zero-order valence-electron chi connectivity index (χ0n) is 10.6. The van der Waals surface area contributed by atoms with Crippen LogP contribution in [0.5, 0.6) is 0 Å². The summed E-state index contributed by atoms with van der Waals surface area (Å²) in [6.45, 7) is 0. The normalized spacial score (nSPS) is 11.1. The minimum atomic E-state index is -1.49. The number of hydrogen-bond acceptors (Lipinski definition) is 4. The summed E-state index contributed by atoms with van der Waals surface area (Å²) in [4.78, 5) is -0.836. The number of nitrogens with two attached hydrogens (primary N) is 1. The molecular weight excluding hydrogens is 342 g/mol. The van der Waals surface area contributed by atoms with Gasteiger partial charge in [0.1, 0.15) is 5.76 Å². The van der Waals surface area contributed by atoms with Gasteiger partial charge in [0.25, 0.3) is 0 Å². The number of hydrazone groups is 1. The lowest BCUT2D eigenvalue weighted by Gasteiger charge is -2.04. The van der Waals surface area contributed by atoms with Crippen LogP contribution < -0.4 is 11.2 Å². The van der Waals surface area contributed by atoms with Gasteiger partial charge in [0.15, 0.2) is 33.5 Å². The zero-order chi connectivity index (χ0) is 16.3. The topological polar surface area (TPSA) is 63.5 Å². The summed E-state index contributed by atoms with van der Waals surface area (Å²) in [5, 5.41) is 3.57. The summed E-state index contributed by atoms with van der Waals surface area (Å²) in [7, 11) is 0. The maximum atomic E-state index is 13.5. The fraction of sp³-hybridized carbons (Fsp3) is 0. The third-order valence-electron chi connectivity index (χ3n) is 2.24. The van der Waals surface area contributed by atoms with E-state index in [1.54, 1.807) is 0 Å². The second-order valence-electron chi connectivity index (χ2n) is 3.79. The fourth-order valence-electron chi connectivity index (χ4n) is 1.36. The van der Waals surface area contributed by atoms with Crippen LogP contribution in [0.3, 0.4) is 0 Å². The molecule has 0 saturated carbocycles. The number of thiocarbonyl (C=S) groups is 1. The van der Waals surface area contributed by atoms with Crippen molar-refractivity contribution in [2.24, 2.45) is 10.8 Å². The van der Waals surface area contributed by atoms with Gasteiger partial charge in [-0.25, -0.2) is 17.6 Å². The quantitative estimate of drug-likeness (QED) is 0.292. The van der Waals surface area contributed by atoms with Gasteiger partial charge in [0, 0.05) is 6.07 Å². The van der Waals surface area contributed by atoms with Crippen LogP contribution in [-0.4, -0.2) is 11.3 Å². The first-order valence-corrected chi connectivity index (χ1v) is 6.80. The van der Waals surface area contributed by atoms with E-state index in [9.17, 15) is 17.6 Å². The highest BCUT2D eigenvalue weighted by Gasteiger charge is 2.21. The van der Waals surface area contributed by atoms with Crippen LogP contribution in [0.25, 0.3) is 0 Å². The van der Waals surface area contributed by atoms with E-state index in [0.29, 0.717) is 11.8 Å². The third-order valence-corrected chi connectivity index (χ3v) is 3.32. The number of hydrogen-bond donors (Lipinski definition) is 2. The first-order valence-electron chi connectivity index (χ1n) is 5.57. The van der Waals surface area contributed by atoms with Gasteiger partial charge in [0.05, 0.1) is 11.1 Å². The Morgan fingerprint density at radius 2 is 1.86 bits per heavy atom. The summed E-state index contributed by atoms with van der Waals surface area (Å²) in [6, 6.07) is 2.92. The van der Waals surface area contributed by atoms with Crippen molar-refractivity contribution in [3.05, 3.63) is 47.2 Å². The van der Waals surface area contributed by atoms with Gasteiger partial charge in [-0.2, -0.15) is 5.10 Å². The first kappa shape index (κ1) is 16.3. The molecule has 0 unspecified atom stereocenters. The summed E-state index contributed by atoms with van der Waals surface area (Å²) < 4.78 is 58.4. The predicted molar refractivity (Wildman–Crippen MR) is 76.6 cm³/mol.